The minimum Gasteiger partial charge on any atom is -0.490 e. The van der Waals surface area contributed by atoms with Crippen LogP contribution in [0.5, 0.6) is 11.5 Å². The number of thiophene rings is 1. The molecule has 0 atom stereocenters. The molecule has 1 aromatic heterocycles. The lowest BCUT2D eigenvalue weighted by Crippen LogP contribution is -2.15. The standard InChI is InChI=1S/C20H16O5S/c21-19(24-13-12-23-15-7-2-1-3-8-15)16-9-4-5-10-17(16)25-20(22)18-11-6-14-26-18/h1-11,14H,12-13H2. The van der Waals surface area contributed by atoms with Gasteiger partial charge in [-0.1, -0.05) is 36.4 Å². The molecule has 0 bridgehead atoms. The van der Waals surface area contributed by atoms with E-state index in [-0.39, 0.29) is 24.5 Å². The maximum atomic E-state index is 12.3. The fraction of sp³-hybridized carbons (Fsp3) is 0.100. The highest BCUT2D eigenvalue weighted by Crippen LogP contribution is 2.21. The molecule has 0 aliphatic rings. The Balaban J connectivity index is 1.56. The van der Waals surface area contributed by atoms with Gasteiger partial charge in [-0.15, -0.1) is 11.3 Å². The molecule has 0 spiro atoms. The summed E-state index contributed by atoms with van der Waals surface area (Å²) in [5.41, 5.74) is 0.192. The minimum atomic E-state index is -0.573. The lowest BCUT2D eigenvalue weighted by molar-refractivity contribution is 0.0445. The second-order valence-corrected chi connectivity index (χ2v) is 6.11. The van der Waals surface area contributed by atoms with Gasteiger partial charge in [0.25, 0.3) is 0 Å². The highest BCUT2D eigenvalue weighted by Gasteiger charge is 2.17. The van der Waals surface area contributed by atoms with Gasteiger partial charge in [0.15, 0.2) is 0 Å². The fourth-order valence-electron chi connectivity index (χ4n) is 2.16. The molecular weight excluding hydrogens is 352 g/mol. The second-order valence-electron chi connectivity index (χ2n) is 5.16. The van der Waals surface area contributed by atoms with E-state index in [2.05, 4.69) is 0 Å². The van der Waals surface area contributed by atoms with Gasteiger partial charge in [-0.2, -0.15) is 0 Å². The molecule has 3 aromatic rings. The Morgan fingerprint density at radius 1 is 0.808 bits per heavy atom. The second kappa shape index (κ2) is 8.82. The van der Waals surface area contributed by atoms with Crippen molar-refractivity contribution in [3.05, 3.63) is 82.6 Å². The Bertz CT molecular complexity index is 859. The number of carbonyl (C=O) groups excluding carboxylic acids is 2. The van der Waals surface area contributed by atoms with Crippen molar-refractivity contribution in [2.75, 3.05) is 13.2 Å². The van der Waals surface area contributed by atoms with Crippen molar-refractivity contribution in [1.29, 1.82) is 0 Å². The van der Waals surface area contributed by atoms with Crippen molar-refractivity contribution in [1.82, 2.24) is 0 Å². The van der Waals surface area contributed by atoms with E-state index in [0.29, 0.717) is 10.6 Å². The molecule has 0 fully saturated rings. The molecule has 132 valence electrons. The van der Waals surface area contributed by atoms with Gasteiger partial charge < -0.3 is 14.2 Å². The van der Waals surface area contributed by atoms with Crippen LogP contribution >= 0.6 is 11.3 Å². The van der Waals surface area contributed by atoms with Crippen LogP contribution in [0.15, 0.2) is 72.1 Å². The summed E-state index contributed by atoms with van der Waals surface area (Å²) < 4.78 is 16.0. The zero-order valence-electron chi connectivity index (χ0n) is 13.8. The predicted molar refractivity (Wildman–Crippen MR) is 97.9 cm³/mol. The summed E-state index contributed by atoms with van der Waals surface area (Å²) in [6.07, 6.45) is 0. The Hall–Kier alpha value is -3.12. The molecule has 6 heteroatoms. The number of carbonyl (C=O) groups is 2. The number of benzene rings is 2. The molecule has 0 aliphatic heterocycles. The normalized spacial score (nSPS) is 10.2. The van der Waals surface area contributed by atoms with E-state index in [0.717, 1.165) is 0 Å². The van der Waals surface area contributed by atoms with Crippen molar-refractivity contribution < 1.29 is 23.8 Å². The van der Waals surface area contributed by atoms with E-state index in [1.165, 1.54) is 11.3 Å². The molecule has 0 saturated heterocycles. The number of hydrogen-bond acceptors (Lipinski definition) is 6. The van der Waals surface area contributed by atoms with Crippen molar-refractivity contribution in [3.8, 4) is 11.5 Å². The smallest absolute Gasteiger partial charge is 0.353 e. The third-order valence-electron chi connectivity index (χ3n) is 3.36. The molecular formula is C20H16O5S. The van der Waals surface area contributed by atoms with Crippen LogP contribution in [-0.2, 0) is 4.74 Å². The van der Waals surface area contributed by atoms with E-state index in [4.69, 9.17) is 14.2 Å². The third kappa shape index (κ3) is 4.70. The summed E-state index contributed by atoms with van der Waals surface area (Å²) in [5, 5.41) is 1.78. The molecule has 0 aliphatic carbocycles. The van der Waals surface area contributed by atoms with Gasteiger partial charge in [0.1, 0.15) is 35.2 Å². The summed E-state index contributed by atoms with van der Waals surface area (Å²) in [5.74, 6) is -0.211. The highest BCUT2D eigenvalue weighted by atomic mass is 32.1. The number of hydrogen-bond donors (Lipinski definition) is 0. The van der Waals surface area contributed by atoms with Gasteiger partial charge in [-0.25, -0.2) is 9.59 Å². The fourth-order valence-corrected chi connectivity index (χ4v) is 2.76. The summed E-state index contributed by atoms with van der Waals surface area (Å²) in [7, 11) is 0. The SMILES string of the molecule is O=C(Oc1ccccc1C(=O)OCCOc1ccccc1)c1cccs1. The molecule has 26 heavy (non-hydrogen) atoms. The molecule has 2 aromatic carbocycles. The molecule has 1 heterocycles. The van der Waals surface area contributed by atoms with Gasteiger partial charge in [-0.3, -0.25) is 0 Å². The first-order valence-corrected chi connectivity index (χ1v) is 8.81. The van der Waals surface area contributed by atoms with Gasteiger partial charge in [-0.05, 0) is 35.7 Å². The first-order valence-electron chi connectivity index (χ1n) is 7.94. The van der Waals surface area contributed by atoms with Crippen LogP contribution in [0.25, 0.3) is 0 Å². The van der Waals surface area contributed by atoms with Crippen molar-refractivity contribution in [2.24, 2.45) is 0 Å². The predicted octanol–water partition coefficient (Wildman–Crippen LogP) is 4.20. The molecule has 5 nitrogen and oxygen atoms in total. The lowest BCUT2D eigenvalue weighted by atomic mass is 10.2. The summed E-state index contributed by atoms with van der Waals surface area (Å²) in [4.78, 5) is 24.8. The largest absolute Gasteiger partial charge is 0.490 e. The lowest BCUT2D eigenvalue weighted by Gasteiger charge is -2.10. The Labute approximate surface area is 154 Å². The topological polar surface area (TPSA) is 61.8 Å². The highest BCUT2D eigenvalue weighted by molar-refractivity contribution is 7.12. The van der Waals surface area contributed by atoms with Crippen LogP contribution in [0, 0.1) is 0 Å². The van der Waals surface area contributed by atoms with Gasteiger partial charge in [0.05, 0.1) is 0 Å². The number of esters is 2. The summed E-state index contributed by atoms with van der Waals surface area (Å²) >= 11 is 1.27. The maximum Gasteiger partial charge on any atom is 0.353 e. The van der Waals surface area contributed by atoms with Crippen LogP contribution in [0.4, 0.5) is 0 Å². The zero-order valence-corrected chi connectivity index (χ0v) is 14.6. The average Bonchev–Trinajstić information content (AvgIpc) is 3.21. The molecule has 0 amide bonds. The first-order chi connectivity index (χ1) is 12.7. The molecule has 3 rings (SSSR count). The van der Waals surface area contributed by atoms with Crippen LogP contribution in [0.3, 0.4) is 0 Å². The number of rotatable bonds is 7. The zero-order chi connectivity index (χ0) is 18.2. The number of ether oxygens (including phenoxy) is 3. The van der Waals surface area contributed by atoms with E-state index >= 15 is 0 Å². The molecule has 0 radical (unpaired) electrons. The molecule has 0 unspecified atom stereocenters. The average molecular weight is 368 g/mol. The van der Waals surface area contributed by atoms with E-state index < -0.39 is 11.9 Å². The van der Waals surface area contributed by atoms with Crippen LogP contribution in [0.1, 0.15) is 20.0 Å². The Kier molecular flexibility index (Phi) is 6.01. The monoisotopic (exact) mass is 368 g/mol. The van der Waals surface area contributed by atoms with E-state index in [1.54, 1.807) is 41.8 Å². The van der Waals surface area contributed by atoms with Crippen molar-refractivity contribution >= 4 is 23.3 Å². The van der Waals surface area contributed by atoms with Crippen LogP contribution < -0.4 is 9.47 Å². The van der Waals surface area contributed by atoms with Crippen molar-refractivity contribution in [3.63, 3.8) is 0 Å². The van der Waals surface area contributed by atoms with Gasteiger partial charge in [0, 0.05) is 0 Å². The summed E-state index contributed by atoms with van der Waals surface area (Å²) in [6, 6.07) is 19.2. The van der Waals surface area contributed by atoms with Crippen LogP contribution in [0.2, 0.25) is 0 Å². The Morgan fingerprint density at radius 3 is 2.35 bits per heavy atom. The quantitative estimate of drug-likeness (QED) is 0.355. The molecule has 0 saturated carbocycles. The minimum absolute atomic E-state index is 0.0843. The molecule has 0 N–H and O–H groups in total. The van der Waals surface area contributed by atoms with Gasteiger partial charge in [0.2, 0.25) is 0 Å². The van der Waals surface area contributed by atoms with E-state index in [1.807, 2.05) is 30.3 Å². The number of para-hydroxylation sites is 2. The first kappa shape index (κ1) is 17.7. The van der Waals surface area contributed by atoms with Crippen LogP contribution in [-0.4, -0.2) is 25.2 Å². The van der Waals surface area contributed by atoms with Crippen molar-refractivity contribution in [2.45, 2.75) is 0 Å². The van der Waals surface area contributed by atoms with Gasteiger partial charge >= 0.3 is 11.9 Å². The Morgan fingerprint density at radius 2 is 1.58 bits per heavy atom. The summed E-state index contributed by atoms with van der Waals surface area (Å²) in [6.45, 7) is 0.313. The maximum absolute atomic E-state index is 12.3. The third-order valence-corrected chi connectivity index (χ3v) is 4.21. The van der Waals surface area contributed by atoms with E-state index in [9.17, 15) is 9.59 Å².